The molecule has 1 aromatic carbocycles. The number of ether oxygens (including phenoxy) is 1. The van der Waals surface area contributed by atoms with E-state index in [9.17, 15) is 9.90 Å². The van der Waals surface area contributed by atoms with Crippen LogP contribution in [0.2, 0.25) is 5.02 Å². The van der Waals surface area contributed by atoms with Gasteiger partial charge in [0, 0.05) is 18.1 Å². The highest BCUT2D eigenvalue weighted by molar-refractivity contribution is 6.31. The summed E-state index contributed by atoms with van der Waals surface area (Å²) in [4.78, 5) is 14.4. The molecule has 0 radical (unpaired) electrons. The normalized spacial score (nSPS) is 23.9. The molecule has 1 aromatic rings. The smallest absolute Gasteiger partial charge is 0.227 e. The van der Waals surface area contributed by atoms with Crippen LogP contribution >= 0.6 is 11.6 Å². The number of phenols is 1. The van der Waals surface area contributed by atoms with Gasteiger partial charge in [0.05, 0.1) is 18.1 Å². The van der Waals surface area contributed by atoms with Crippen molar-refractivity contribution in [3.05, 3.63) is 28.8 Å². The van der Waals surface area contributed by atoms with Gasteiger partial charge in [-0.1, -0.05) is 17.7 Å². The topological polar surface area (TPSA) is 49.8 Å². The average molecular weight is 310 g/mol. The maximum atomic E-state index is 12.5. The first kappa shape index (κ1) is 14.7. The van der Waals surface area contributed by atoms with E-state index in [1.165, 1.54) is 12.5 Å². The van der Waals surface area contributed by atoms with E-state index in [-0.39, 0.29) is 29.8 Å². The van der Waals surface area contributed by atoms with Crippen molar-refractivity contribution < 1.29 is 14.6 Å². The Morgan fingerprint density at radius 3 is 2.90 bits per heavy atom. The van der Waals surface area contributed by atoms with E-state index < -0.39 is 0 Å². The van der Waals surface area contributed by atoms with Crippen molar-refractivity contribution in [3.63, 3.8) is 0 Å². The standard InChI is InChI=1S/C16H20ClNO3/c1-11-9-18(10-16(21-11)5-2-6-16)15(20)7-12-3-4-13(19)8-14(12)17/h3-4,8,11,19H,2,5-7,9-10H2,1H3. The molecule has 2 fully saturated rings. The number of morpholine rings is 1. The molecule has 4 nitrogen and oxygen atoms in total. The number of phenolic OH excluding ortho intramolecular Hbond substituents is 1. The third-order valence-corrected chi connectivity index (χ3v) is 4.76. The number of amides is 1. The van der Waals surface area contributed by atoms with Crippen molar-refractivity contribution >= 4 is 17.5 Å². The molecule has 1 unspecified atom stereocenters. The fourth-order valence-corrected chi connectivity index (χ4v) is 3.46. The molecule has 1 saturated carbocycles. The van der Waals surface area contributed by atoms with E-state index in [4.69, 9.17) is 16.3 Å². The monoisotopic (exact) mass is 309 g/mol. The first-order valence-electron chi connectivity index (χ1n) is 7.40. The molecular weight excluding hydrogens is 290 g/mol. The number of hydrogen-bond acceptors (Lipinski definition) is 3. The van der Waals surface area contributed by atoms with E-state index >= 15 is 0 Å². The lowest BCUT2D eigenvalue weighted by molar-refractivity contribution is -0.190. The largest absolute Gasteiger partial charge is 0.508 e. The minimum Gasteiger partial charge on any atom is -0.508 e. The predicted molar refractivity (Wildman–Crippen MR) is 80.5 cm³/mol. The Bertz CT molecular complexity index is 556. The van der Waals surface area contributed by atoms with Crippen LogP contribution in [-0.2, 0) is 16.0 Å². The summed E-state index contributed by atoms with van der Waals surface area (Å²) in [6.07, 6.45) is 3.61. The number of hydrogen-bond donors (Lipinski definition) is 1. The number of nitrogens with zero attached hydrogens (tertiary/aromatic N) is 1. The maximum absolute atomic E-state index is 12.5. The molecule has 1 spiro atoms. The zero-order chi connectivity index (χ0) is 15.0. The Labute approximate surface area is 129 Å². The van der Waals surface area contributed by atoms with Crippen molar-refractivity contribution in [3.8, 4) is 5.75 Å². The summed E-state index contributed by atoms with van der Waals surface area (Å²) in [6, 6.07) is 4.74. The first-order chi connectivity index (χ1) is 9.97. The summed E-state index contributed by atoms with van der Waals surface area (Å²) < 4.78 is 6.03. The SMILES string of the molecule is CC1CN(C(=O)Cc2ccc(O)cc2Cl)CC2(CCC2)O1. The lowest BCUT2D eigenvalue weighted by Crippen LogP contribution is -2.59. The highest BCUT2D eigenvalue weighted by Gasteiger charge is 2.45. The van der Waals surface area contributed by atoms with E-state index in [1.807, 2.05) is 11.8 Å². The van der Waals surface area contributed by atoms with Crippen molar-refractivity contribution in [1.29, 1.82) is 0 Å². The Morgan fingerprint density at radius 2 is 2.29 bits per heavy atom. The molecule has 0 bridgehead atoms. The number of aromatic hydroxyl groups is 1. The summed E-state index contributed by atoms with van der Waals surface area (Å²) in [6.45, 7) is 3.34. The number of halogens is 1. The lowest BCUT2D eigenvalue weighted by Gasteiger charge is -2.50. The van der Waals surface area contributed by atoms with Crippen LogP contribution in [0.4, 0.5) is 0 Å². The van der Waals surface area contributed by atoms with Gasteiger partial charge in [-0.15, -0.1) is 0 Å². The van der Waals surface area contributed by atoms with Crippen molar-refractivity contribution in [2.75, 3.05) is 13.1 Å². The molecule has 114 valence electrons. The van der Waals surface area contributed by atoms with E-state index in [2.05, 4.69) is 0 Å². The van der Waals surface area contributed by atoms with Crippen molar-refractivity contribution in [2.45, 2.75) is 44.3 Å². The van der Waals surface area contributed by atoms with Gasteiger partial charge in [0.15, 0.2) is 0 Å². The molecule has 0 aromatic heterocycles. The maximum Gasteiger partial charge on any atom is 0.227 e. The summed E-state index contributed by atoms with van der Waals surface area (Å²) in [5, 5.41) is 9.80. The zero-order valence-corrected chi connectivity index (χ0v) is 12.9. The Balaban J connectivity index is 1.69. The van der Waals surface area contributed by atoms with Gasteiger partial charge in [0.25, 0.3) is 0 Å². The van der Waals surface area contributed by atoms with Crippen LogP contribution in [0.5, 0.6) is 5.75 Å². The third-order valence-electron chi connectivity index (χ3n) is 4.40. The van der Waals surface area contributed by atoms with E-state index in [0.717, 1.165) is 18.4 Å². The van der Waals surface area contributed by atoms with Gasteiger partial charge in [-0.25, -0.2) is 0 Å². The summed E-state index contributed by atoms with van der Waals surface area (Å²) in [5.74, 6) is 0.189. The van der Waals surface area contributed by atoms with Gasteiger partial charge in [-0.05, 0) is 43.9 Å². The fraction of sp³-hybridized carbons (Fsp3) is 0.562. The van der Waals surface area contributed by atoms with Gasteiger partial charge < -0.3 is 14.7 Å². The minimum absolute atomic E-state index is 0.0732. The molecule has 21 heavy (non-hydrogen) atoms. The number of carbonyl (C=O) groups excluding carboxylic acids is 1. The highest BCUT2D eigenvalue weighted by atomic mass is 35.5. The first-order valence-corrected chi connectivity index (χ1v) is 7.78. The van der Waals surface area contributed by atoms with E-state index in [1.54, 1.807) is 12.1 Å². The van der Waals surface area contributed by atoms with Crippen LogP contribution in [0, 0.1) is 0 Å². The van der Waals surface area contributed by atoms with Crippen LogP contribution in [0.15, 0.2) is 18.2 Å². The van der Waals surface area contributed by atoms with Gasteiger partial charge >= 0.3 is 0 Å². The lowest BCUT2D eigenvalue weighted by atomic mass is 9.78. The van der Waals surface area contributed by atoms with Crippen molar-refractivity contribution in [1.82, 2.24) is 4.90 Å². The molecule has 1 atom stereocenters. The molecule has 1 heterocycles. The number of benzene rings is 1. The summed E-state index contributed by atoms with van der Waals surface area (Å²) in [7, 11) is 0. The van der Waals surface area contributed by atoms with Gasteiger partial charge in [-0.2, -0.15) is 0 Å². The second-order valence-corrected chi connectivity index (χ2v) is 6.60. The second kappa shape index (κ2) is 5.50. The molecule has 1 N–H and O–H groups in total. The van der Waals surface area contributed by atoms with Gasteiger partial charge in [0.1, 0.15) is 5.75 Å². The van der Waals surface area contributed by atoms with Gasteiger partial charge in [-0.3, -0.25) is 4.79 Å². The fourth-order valence-electron chi connectivity index (χ4n) is 3.22. The quantitative estimate of drug-likeness (QED) is 0.914. The Kier molecular flexibility index (Phi) is 3.84. The molecule has 1 aliphatic carbocycles. The highest BCUT2D eigenvalue weighted by Crippen LogP contribution is 2.40. The van der Waals surface area contributed by atoms with Crippen LogP contribution in [-0.4, -0.2) is 40.7 Å². The predicted octanol–water partition coefficient (Wildman–Crippen LogP) is 2.76. The summed E-state index contributed by atoms with van der Waals surface area (Å²) in [5.41, 5.74) is 0.646. The zero-order valence-electron chi connectivity index (χ0n) is 12.1. The van der Waals surface area contributed by atoms with Crippen LogP contribution < -0.4 is 0 Å². The Hall–Kier alpha value is -1.26. The number of rotatable bonds is 2. The van der Waals surface area contributed by atoms with Crippen molar-refractivity contribution in [2.24, 2.45) is 0 Å². The third kappa shape index (κ3) is 3.01. The molecule has 1 saturated heterocycles. The van der Waals surface area contributed by atoms with E-state index in [0.29, 0.717) is 18.1 Å². The van der Waals surface area contributed by atoms with Crippen LogP contribution in [0.3, 0.4) is 0 Å². The molecular formula is C16H20ClNO3. The average Bonchev–Trinajstić information content (AvgIpc) is 2.39. The minimum atomic E-state index is -0.105. The molecule has 1 amide bonds. The Morgan fingerprint density at radius 1 is 1.52 bits per heavy atom. The molecule has 1 aliphatic heterocycles. The van der Waals surface area contributed by atoms with Crippen LogP contribution in [0.1, 0.15) is 31.7 Å². The molecule has 2 aliphatic rings. The second-order valence-electron chi connectivity index (χ2n) is 6.19. The van der Waals surface area contributed by atoms with Gasteiger partial charge in [0.2, 0.25) is 5.91 Å². The summed E-state index contributed by atoms with van der Waals surface area (Å²) >= 11 is 6.08. The number of carbonyl (C=O) groups is 1. The molecule has 3 rings (SSSR count). The molecule has 5 heteroatoms. The van der Waals surface area contributed by atoms with Crippen LogP contribution in [0.25, 0.3) is 0 Å².